The Morgan fingerprint density at radius 1 is 1.07 bits per heavy atom. The van der Waals surface area contributed by atoms with Crippen LogP contribution in [0.15, 0.2) is 34.3 Å². The van der Waals surface area contributed by atoms with E-state index < -0.39 is 0 Å². The molecule has 0 bridgehead atoms. The zero-order valence-electron chi connectivity index (χ0n) is 17.5. The highest BCUT2D eigenvalue weighted by Gasteiger charge is 2.27. The van der Waals surface area contributed by atoms with Gasteiger partial charge in [-0.1, -0.05) is 11.6 Å². The smallest absolute Gasteiger partial charge is 0.170 e. The number of phenols is 2. The molecule has 0 saturated carbocycles. The van der Waals surface area contributed by atoms with E-state index in [0.29, 0.717) is 29.6 Å². The minimum absolute atomic E-state index is 0.0772. The van der Waals surface area contributed by atoms with E-state index in [2.05, 4.69) is 0 Å². The summed E-state index contributed by atoms with van der Waals surface area (Å²) in [5.41, 5.74) is 2.36. The number of aldehydes is 1. The van der Waals surface area contributed by atoms with Gasteiger partial charge in [0.05, 0.1) is 32.3 Å². The third-order valence-electron chi connectivity index (χ3n) is 4.81. The Labute approximate surface area is 174 Å². The first-order chi connectivity index (χ1) is 14.4. The quantitative estimate of drug-likeness (QED) is 0.422. The molecule has 30 heavy (non-hydrogen) atoms. The molecule has 7 nitrogen and oxygen atoms in total. The summed E-state index contributed by atoms with van der Waals surface area (Å²) in [4.78, 5) is 12.0. The zero-order valence-corrected chi connectivity index (χ0v) is 17.5. The number of carbonyl (C=O) groups excluding carboxylic acids is 1. The van der Waals surface area contributed by atoms with Gasteiger partial charge in [0.2, 0.25) is 0 Å². The molecule has 0 aliphatic carbocycles. The number of allylic oxidation sites excluding steroid dienone is 2. The minimum Gasteiger partial charge on any atom is -0.507 e. The predicted molar refractivity (Wildman–Crippen MR) is 113 cm³/mol. The number of methoxy groups -OCH3 is 3. The topological polar surface area (TPSA) is 98.4 Å². The van der Waals surface area contributed by atoms with Crippen LogP contribution in [0.4, 0.5) is 0 Å². The van der Waals surface area contributed by atoms with Gasteiger partial charge in [0.1, 0.15) is 28.4 Å². The third kappa shape index (κ3) is 3.54. The number of hydrogen-bond donors (Lipinski definition) is 2. The lowest BCUT2D eigenvalue weighted by molar-refractivity contribution is 0.112. The van der Waals surface area contributed by atoms with E-state index in [1.165, 1.54) is 27.4 Å². The molecule has 0 atom stereocenters. The summed E-state index contributed by atoms with van der Waals surface area (Å²) in [7, 11) is 4.34. The van der Waals surface area contributed by atoms with Crippen molar-refractivity contribution in [1.82, 2.24) is 0 Å². The van der Waals surface area contributed by atoms with Crippen molar-refractivity contribution in [2.24, 2.45) is 0 Å². The van der Waals surface area contributed by atoms with E-state index in [0.717, 1.165) is 5.57 Å². The summed E-state index contributed by atoms with van der Waals surface area (Å²) in [6.07, 6.45) is 3.07. The van der Waals surface area contributed by atoms with Crippen molar-refractivity contribution in [2.75, 3.05) is 21.3 Å². The second kappa shape index (κ2) is 8.41. The standard InChI is InChI=1S/C23H24O7/c1-12(2)6-7-13-8-18-19(21(26)22(13)29-5)15(11-24)23(30-18)20-16(25)9-14(27-3)10-17(20)28-4/h6,8-11,25-26H,7H2,1-5H3. The summed E-state index contributed by atoms with van der Waals surface area (Å²) in [5, 5.41) is 21.6. The number of phenolic OH excluding ortho intramolecular Hbond substituents is 2. The lowest BCUT2D eigenvalue weighted by Crippen LogP contribution is -1.94. The highest BCUT2D eigenvalue weighted by Crippen LogP contribution is 2.48. The van der Waals surface area contributed by atoms with Crippen LogP contribution < -0.4 is 14.2 Å². The first kappa shape index (κ1) is 21.1. The lowest BCUT2D eigenvalue weighted by atomic mass is 10.0. The van der Waals surface area contributed by atoms with Gasteiger partial charge >= 0.3 is 0 Å². The Morgan fingerprint density at radius 2 is 1.80 bits per heavy atom. The highest BCUT2D eigenvalue weighted by atomic mass is 16.5. The van der Waals surface area contributed by atoms with Crippen molar-refractivity contribution in [2.45, 2.75) is 20.3 Å². The van der Waals surface area contributed by atoms with Crippen LogP contribution in [0.1, 0.15) is 29.8 Å². The maximum Gasteiger partial charge on any atom is 0.170 e. The van der Waals surface area contributed by atoms with E-state index in [-0.39, 0.29) is 45.3 Å². The van der Waals surface area contributed by atoms with E-state index in [9.17, 15) is 15.0 Å². The number of carbonyl (C=O) groups is 1. The van der Waals surface area contributed by atoms with Crippen molar-refractivity contribution in [3.8, 4) is 40.1 Å². The van der Waals surface area contributed by atoms with Crippen LogP contribution in [0.25, 0.3) is 22.3 Å². The fourth-order valence-electron chi connectivity index (χ4n) is 3.37. The molecule has 2 N–H and O–H groups in total. The molecule has 0 aliphatic rings. The van der Waals surface area contributed by atoms with Gasteiger partial charge in [-0.3, -0.25) is 4.79 Å². The van der Waals surface area contributed by atoms with Gasteiger partial charge in [-0.2, -0.15) is 0 Å². The van der Waals surface area contributed by atoms with Crippen LogP contribution in [0.5, 0.6) is 28.7 Å². The molecule has 0 spiro atoms. The van der Waals surface area contributed by atoms with Gasteiger partial charge in [0.15, 0.2) is 23.5 Å². The average molecular weight is 412 g/mol. The number of aromatic hydroxyl groups is 2. The third-order valence-corrected chi connectivity index (χ3v) is 4.81. The zero-order chi connectivity index (χ0) is 22.0. The predicted octanol–water partition coefficient (Wildman–Crippen LogP) is 4.86. The number of benzene rings is 2. The van der Waals surface area contributed by atoms with Gasteiger partial charge in [-0.25, -0.2) is 0 Å². The molecule has 0 radical (unpaired) electrons. The number of rotatable bonds is 7. The Morgan fingerprint density at radius 3 is 2.37 bits per heavy atom. The fraction of sp³-hybridized carbons (Fsp3) is 0.261. The minimum atomic E-state index is -0.198. The summed E-state index contributed by atoms with van der Waals surface area (Å²) in [6.45, 7) is 3.94. The Bertz CT molecular complexity index is 1130. The molecule has 3 aromatic rings. The molecule has 0 aliphatic heterocycles. The van der Waals surface area contributed by atoms with Crippen LogP contribution in [-0.4, -0.2) is 37.8 Å². The molecule has 158 valence electrons. The molecular formula is C23H24O7. The van der Waals surface area contributed by atoms with Crippen molar-refractivity contribution >= 4 is 17.3 Å². The largest absolute Gasteiger partial charge is 0.507 e. The molecule has 7 heteroatoms. The molecule has 3 rings (SSSR count). The van der Waals surface area contributed by atoms with Crippen LogP contribution in [0.2, 0.25) is 0 Å². The summed E-state index contributed by atoms with van der Waals surface area (Å²) < 4.78 is 21.9. The van der Waals surface area contributed by atoms with Crippen molar-refractivity contribution in [3.05, 3.63) is 41.0 Å². The summed E-state index contributed by atoms with van der Waals surface area (Å²) in [6, 6.07) is 4.68. The fourth-order valence-corrected chi connectivity index (χ4v) is 3.37. The molecule has 2 aromatic carbocycles. The molecule has 1 heterocycles. The second-order valence-electron chi connectivity index (χ2n) is 6.96. The van der Waals surface area contributed by atoms with Gasteiger partial charge in [0, 0.05) is 17.7 Å². The Balaban J connectivity index is 2.35. The number of ether oxygens (including phenoxy) is 3. The molecule has 0 amide bonds. The van der Waals surface area contributed by atoms with Gasteiger partial charge < -0.3 is 28.8 Å². The van der Waals surface area contributed by atoms with Crippen molar-refractivity contribution < 1.29 is 33.6 Å². The lowest BCUT2D eigenvalue weighted by Gasteiger charge is -2.11. The van der Waals surface area contributed by atoms with E-state index >= 15 is 0 Å². The number of fused-ring (bicyclic) bond motifs is 1. The van der Waals surface area contributed by atoms with E-state index in [4.69, 9.17) is 18.6 Å². The van der Waals surface area contributed by atoms with Gasteiger partial charge in [-0.15, -0.1) is 0 Å². The van der Waals surface area contributed by atoms with Crippen LogP contribution in [0, 0.1) is 0 Å². The van der Waals surface area contributed by atoms with Crippen molar-refractivity contribution in [3.63, 3.8) is 0 Å². The summed E-state index contributed by atoms with van der Waals surface area (Å²) >= 11 is 0. The SMILES string of the molecule is COc1cc(O)c(-c2oc3cc(CC=C(C)C)c(OC)c(O)c3c2C=O)c(OC)c1. The molecule has 0 unspecified atom stereocenters. The van der Waals surface area contributed by atoms with Crippen LogP contribution >= 0.6 is 0 Å². The Kier molecular flexibility index (Phi) is 5.91. The normalized spacial score (nSPS) is 10.7. The second-order valence-corrected chi connectivity index (χ2v) is 6.96. The van der Waals surface area contributed by atoms with Gasteiger partial charge in [0.25, 0.3) is 0 Å². The van der Waals surface area contributed by atoms with Crippen LogP contribution in [-0.2, 0) is 6.42 Å². The van der Waals surface area contributed by atoms with Crippen molar-refractivity contribution in [1.29, 1.82) is 0 Å². The molecule has 1 aromatic heterocycles. The monoisotopic (exact) mass is 412 g/mol. The first-order valence-electron chi connectivity index (χ1n) is 9.25. The van der Waals surface area contributed by atoms with E-state index in [1.54, 1.807) is 12.1 Å². The van der Waals surface area contributed by atoms with Crippen LogP contribution in [0.3, 0.4) is 0 Å². The maximum absolute atomic E-state index is 12.0. The molecule has 0 saturated heterocycles. The average Bonchev–Trinajstić information content (AvgIpc) is 3.09. The van der Waals surface area contributed by atoms with Gasteiger partial charge in [-0.05, 0) is 26.3 Å². The molecule has 0 fully saturated rings. The Hall–Kier alpha value is -3.61. The first-order valence-corrected chi connectivity index (χ1v) is 9.25. The number of furan rings is 1. The molecular weight excluding hydrogens is 388 g/mol. The maximum atomic E-state index is 12.0. The summed E-state index contributed by atoms with van der Waals surface area (Å²) in [5.74, 6) is 0.589. The number of hydrogen-bond acceptors (Lipinski definition) is 7. The van der Waals surface area contributed by atoms with E-state index in [1.807, 2.05) is 19.9 Å². The highest BCUT2D eigenvalue weighted by molar-refractivity contribution is 6.07.